The minimum absolute atomic E-state index is 0.00699. The van der Waals surface area contributed by atoms with Crippen LogP contribution in [0.5, 0.6) is 0 Å². The maximum absolute atomic E-state index is 11.3. The van der Waals surface area contributed by atoms with E-state index in [1.807, 2.05) is 20.8 Å². The minimum Gasteiger partial charge on any atom is -0.779 e. The van der Waals surface area contributed by atoms with Crippen molar-refractivity contribution in [2.24, 2.45) is 5.92 Å². The first kappa shape index (κ1) is 44.8. The molecule has 8 rings (SSSR count). The fourth-order valence-electron chi connectivity index (χ4n) is 8.75. The van der Waals surface area contributed by atoms with E-state index in [0.717, 1.165) is 6.66 Å². The summed E-state index contributed by atoms with van der Waals surface area (Å²) in [5.41, 5.74) is -3.03. The first-order chi connectivity index (χ1) is 25.4. The lowest BCUT2D eigenvalue weighted by atomic mass is 9.81. The molecule has 0 spiro atoms. The Balaban J connectivity index is 0.000000140. The van der Waals surface area contributed by atoms with Crippen molar-refractivity contribution in [1.29, 1.82) is 0 Å². The summed E-state index contributed by atoms with van der Waals surface area (Å²) in [5, 5.41) is 37.1. The van der Waals surface area contributed by atoms with Gasteiger partial charge in [-0.3, -0.25) is 0 Å². The number of aliphatic hydroxyl groups is 4. The van der Waals surface area contributed by atoms with E-state index in [-0.39, 0.29) is 69.0 Å². The van der Waals surface area contributed by atoms with Gasteiger partial charge in [-0.25, -0.2) is 0 Å². The third kappa shape index (κ3) is 8.27. The largest absolute Gasteiger partial charge is 0.779 e. The van der Waals surface area contributed by atoms with Gasteiger partial charge in [0.15, 0.2) is 0 Å². The molecule has 8 aliphatic rings. The zero-order valence-corrected chi connectivity index (χ0v) is 32.9. The first-order valence-corrected chi connectivity index (χ1v) is 20.2. The van der Waals surface area contributed by atoms with Crippen LogP contribution >= 0.6 is 7.60 Å². The van der Waals surface area contributed by atoms with Crippen LogP contribution in [-0.4, -0.2) is 212 Å². The topological polar surface area (TPSA) is 232 Å². The van der Waals surface area contributed by atoms with Crippen molar-refractivity contribution in [1.82, 2.24) is 0 Å². The molecule has 8 saturated heterocycles. The Labute approximate surface area is 318 Å². The Kier molecular flexibility index (Phi) is 14.5. The van der Waals surface area contributed by atoms with Gasteiger partial charge in [0.05, 0.1) is 77.3 Å². The smallest absolute Gasteiger partial charge is 0.146 e. The first-order valence-electron chi connectivity index (χ1n) is 18.2. The molecular weight excluding hydrogens is 737 g/mol. The Morgan fingerprint density at radius 1 is 0.796 bits per heavy atom. The van der Waals surface area contributed by atoms with Crippen LogP contribution in [0.2, 0.25) is 0 Å². The van der Waals surface area contributed by atoms with E-state index in [2.05, 4.69) is 0 Å². The molecule has 8 heterocycles. The maximum atomic E-state index is 11.3. The second-order valence-electron chi connectivity index (χ2n) is 15.3. The van der Waals surface area contributed by atoms with E-state index in [9.17, 15) is 19.7 Å². The van der Waals surface area contributed by atoms with Crippen LogP contribution in [0, 0.1) is 5.92 Å². The summed E-state index contributed by atoms with van der Waals surface area (Å²) < 4.78 is 76.1. The summed E-state index contributed by atoms with van der Waals surface area (Å²) in [6, 6.07) is -1.12. The van der Waals surface area contributed by atoms with Crippen LogP contribution in [0.25, 0.3) is 0 Å². The Morgan fingerprint density at radius 2 is 1.43 bits per heavy atom. The van der Waals surface area contributed by atoms with Crippen LogP contribution in [0.4, 0.5) is 0 Å². The average molecular weight is 793 g/mol. The molecule has 308 valence electrons. The molecule has 8 fully saturated rings. The van der Waals surface area contributed by atoms with Gasteiger partial charge in [-0.15, -0.1) is 0 Å². The number of methoxy groups -OCH3 is 3. The standard InChI is InChI=1S/C10H19O6P.C10H18O4.C7H11BO4.C6H9BO4/c1-7-8-9(16-17(3,11)12)10(15-7,6-13-2)4-5-14-8;1-6-8-9(12-4)10(14-6,5-11-3)7(2)13-8;8-6-4-1-11-3-7(2-9,12-6)5(4)10;7-5-3-4(9)6(1-8,11-5)2-10-3/h7-9H,4-6H2,1-3H3,(H,11,12);6-9H,5H2,1-4H3;4-6,9-10H,1-3H2;3-5,8-9H,1-2H2/p-1/t7-,8+,9?,10+;6-,7?,8-,9-,10-;4?,5-,6-,7+;3?,4-,5-,6+/m0011/s1. The quantitative estimate of drug-likeness (QED) is 0.135. The molecule has 4 radical (unpaired) electrons. The van der Waals surface area contributed by atoms with Gasteiger partial charge >= 0.3 is 0 Å². The van der Waals surface area contributed by atoms with Crippen LogP contribution in [0.15, 0.2) is 0 Å². The molecule has 0 aromatic rings. The Hall–Kier alpha value is -0.320. The second kappa shape index (κ2) is 17.5. The molecule has 54 heavy (non-hydrogen) atoms. The third-order valence-electron chi connectivity index (χ3n) is 11.5. The van der Waals surface area contributed by atoms with Gasteiger partial charge in [-0.05, 0) is 20.8 Å². The van der Waals surface area contributed by atoms with Crippen molar-refractivity contribution < 1.29 is 86.5 Å². The summed E-state index contributed by atoms with van der Waals surface area (Å²) in [6.07, 6.45) is -2.37. The summed E-state index contributed by atoms with van der Waals surface area (Å²) >= 11 is 0. The van der Waals surface area contributed by atoms with E-state index in [0.29, 0.717) is 32.8 Å². The Bertz CT molecular complexity index is 1280. The number of ether oxygens (including phenoxy) is 11. The molecule has 8 bridgehead atoms. The number of rotatable bonds is 9. The third-order valence-corrected chi connectivity index (χ3v) is 12.2. The van der Waals surface area contributed by atoms with Crippen LogP contribution in [-0.2, 0) is 61.2 Å². The molecule has 0 amide bonds. The maximum Gasteiger partial charge on any atom is 0.146 e. The van der Waals surface area contributed by atoms with Crippen LogP contribution < -0.4 is 4.89 Å². The fraction of sp³-hybridized carbons (Fsp3) is 1.00. The molecule has 18 atom stereocenters. The van der Waals surface area contributed by atoms with E-state index < -0.39 is 66.4 Å². The average Bonchev–Trinajstić information content (AvgIpc) is 3.80. The molecule has 8 aliphatic heterocycles. The molecule has 0 saturated carbocycles. The predicted molar refractivity (Wildman–Crippen MR) is 185 cm³/mol. The number of aliphatic hydroxyl groups excluding tert-OH is 4. The number of hydrogen-bond donors (Lipinski definition) is 4. The van der Waals surface area contributed by atoms with Crippen molar-refractivity contribution in [3.63, 3.8) is 0 Å². The van der Waals surface area contributed by atoms with Gasteiger partial charge in [-0.2, -0.15) is 0 Å². The number of hydrogen-bond acceptors (Lipinski definition) is 18. The predicted octanol–water partition coefficient (Wildman–Crippen LogP) is -3.01. The molecule has 21 heteroatoms. The lowest BCUT2D eigenvalue weighted by Gasteiger charge is -2.40. The molecule has 0 aliphatic carbocycles. The van der Waals surface area contributed by atoms with Gasteiger partial charge in [0.2, 0.25) is 0 Å². The van der Waals surface area contributed by atoms with Crippen molar-refractivity contribution in [3.05, 3.63) is 0 Å². The fourth-order valence-corrected chi connectivity index (χ4v) is 9.47. The van der Waals surface area contributed by atoms with Crippen molar-refractivity contribution in [2.75, 3.05) is 80.8 Å². The minimum atomic E-state index is -3.83. The van der Waals surface area contributed by atoms with Crippen molar-refractivity contribution in [2.45, 2.75) is 123 Å². The molecule has 5 unspecified atom stereocenters. The van der Waals surface area contributed by atoms with Crippen LogP contribution in [0.3, 0.4) is 0 Å². The highest BCUT2D eigenvalue weighted by atomic mass is 31.2. The van der Waals surface area contributed by atoms with E-state index in [1.165, 1.54) is 0 Å². The molecule has 4 N–H and O–H groups in total. The van der Waals surface area contributed by atoms with Crippen molar-refractivity contribution >= 4 is 23.3 Å². The monoisotopic (exact) mass is 793 g/mol. The Morgan fingerprint density at radius 3 is 1.94 bits per heavy atom. The lowest BCUT2D eigenvalue weighted by Crippen LogP contribution is -2.53. The lowest BCUT2D eigenvalue weighted by molar-refractivity contribution is -0.217. The summed E-state index contributed by atoms with van der Waals surface area (Å²) in [5.74, 6) is -0.203. The van der Waals surface area contributed by atoms with Gasteiger partial charge in [0, 0.05) is 52.3 Å². The molecular formula is C33H56B2O18P-. The van der Waals surface area contributed by atoms with Gasteiger partial charge in [0.1, 0.15) is 82.3 Å². The SMILES string of the molecule is COC[C@]12CCO[C@@H](C1OP(C)(=O)[O-])[C@H](C)O2.COC[C@]12O[C@@H](C)[C@H](OC1C)[C@@H]2OC.[B][C@@H]1O[C@@]2(CO)COC1[C@H]2O.[B][C@@H]1O[C@@]2(CO)COCC1[C@H]2O. The second-order valence-corrected chi connectivity index (χ2v) is 17.0. The zero-order valence-electron chi connectivity index (χ0n) is 32.0. The van der Waals surface area contributed by atoms with Gasteiger partial charge in [0.25, 0.3) is 0 Å². The highest BCUT2D eigenvalue weighted by Gasteiger charge is 2.65. The molecule has 0 aromatic heterocycles. The summed E-state index contributed by atoms with van der Waals surface area (Å²) in [6.45, 7) is 8.65. The summed E-state index contributed by atoms with van der Waals surface area (Å²) in [4.78, 5) is 11.3. The van der Waals surface area contributed by atoms with Gasteiger partial charge in [-0.1, -0.05) is 0 Å². The van der Waals surface area contributed by atoms with Gasteiger partial charge < -0.3 is 86.5 Å². The highest BCUT2D eigenvalue weighted by Crippen LogP contribution is 2.48. The van der Waals surface area contributed by atoms with E-state index >= 15 is 0 Å². The van der Waals surface area contributed by atoms with E-state index in [1.54, 1.807) is 21.3 Å². The zero-order chi connectivity index (χ0) is 39.9. The van der Waals surface area contributed by atoms with E-state index in [4.69, 9.17) is 82.5 Å². The number of fused-ring (bicyclic) bond motifs is 8. The van der Waals surface area contributed by atoms with Crippen LogP contribution in [0.1, 0.15) is 27.2 Å². The molecule has 0 aromatic carbocycles. The van der Waals surface area contributed by atoms with Crippen molar-refractivity contribution in [3.8, 4) is 0 Å². The normalized spacial score (nSPS) is 50.3. The molecule has 18 nitrogen and oxygen atoms in total. The summed E-state index contributed by atoms with van der Waals surface area (Å²) in [7, 11) is 12.2. The highest BCUT2D eigenvalue weighted by molar-refractivity contribution is 7.50.